The van der Waals surface area contributed by atoms with Gasteiger partial charge in [0.1, 0.15) is 11.6 Å². The molecule has 0 N–H and O–H groups in total. The first-order valence-corrected chi connectivity index (χ1v) is 10.3. The zero-order chi connectivity index (χ0) is 23.8. The third-order valence-electron chi connectivity index (χ3n) is 5.27. The summed E-state index contributed by atoms with van der Waals surface area (Å²) in [6.45, 7) is 5.35. The Labute approximate surface area is 186 Å². The number of amides is 5. The maximum absolute atomic E-state index is 13.3. The lowest BCUT2D eigenvalue weighted by Gasteiger charge is -2.34. The predicted octanol–water partition coefficient (Wildman–Crippen LogP) is 1.82. The van der Waals surface area contributed by atoms with E-state index < -0.39 is 35.5 Å². The lowest BCUT2D eigenvalue weighted by molar-refractivity contribution is -0.152. The van der Waals surface area contributed by atoms with Gasteiger partial charge in [0.2, 0.25) is 5.91 Å². The summed E-state index contributed by atoms with van der Waals surface area (Å²) in [6, 6.07) is 3.47. The standard InChI is InChI=1S/C22H27N3O7/c1-22(2,3)32-21(30)23(4)14-8-6-7-13-17(14)20(29)25(18(13)27)15-9-10-16(26)24(19(15)28)11-12-31-5/h6-8,15H,9-12H2,1-5H3. The Morgan fingerprint density at radius 2 is 1.84 bits per heavy atom. The van der Waals surface area contributed by atoms with Crippen molar-refractivity contribution in [2.45, 2.75) is 45.3 Å². The fraction of sp³-hybridized carbons (Fsp3) is 0.500. The summed E-state index contributed by atoms with van der Waals surface area (Å²) in [5.41, 5.74) is -0.426. The van der Waals surface area contributed by atoms with Crippen molar-refractivity contribution < 1.29 is 33.4 Å². The van der Waals surface area contributed by atoms with E-state index in [-0.39, 0.29) is 48.7 Å². The Morgan fingerprint density at radius 1 is 1.16 bits per heavy atom. The minimum atomic E-state index is -1.10. The first kappa shape index (κ1) is 23.4. The molecule has 10 nitrogen and oxygen atoms in total. The third kappa shape index (κ3) is 4.22. The van der Waals surface area contributed by atoms with Gasteiger partial charge in [0.25, 0.3) is 17.7 Å². The van der Waals surface area contributed by atoms with Crippen LogP contribution < -0.4 is 4.90 Å². The molecule has 0 spiro atoms. The number of likely N-dealkylation sites (tertiary alicyclic amines) is 1. The summed E-state index contributed by atoms with van der Waals surface area (Å²) in [5.74, 6) is -2.31. The number of ether oxygens (including phenoxy) is 2. The molecule has 1 atom stereocenters. The molecular weight excluding hydrogens is 418 g/mol. The molecule has 0 bridgehead atoms. The van der Waals surface area contributed by atoms with Gasteiger partial charge in [-0.1, -0.05) is 6.07 Å². The van der Waals surface area contributed by atoms with Crippen molar-refractivity contribution in [1.29, 1.82) is 0 Å². The van der Waals surface area contributed by atoms with Gasteiger partial charge in [0.05, 0.1) is 30.0 Å². The van der Waals surface area contributed by atoms with Crippen LogP contribution >= 0.6 is 0 Å². The van der Waals surface area contributed by atoms with Crippen molar-refractivity contribution >= 4 is 35.4 Å². The highest BCUT2D eigenvalue weighted by molar-refractivity contribution is 6.26. The number of piperidine rings is 1. The van der Waals surface area contributed by atoms with Crippen LogP contribution in [0, 0.1) is 0 Å². The first-order valence-electron chi connectivity index (χ1n) is 10.3. The van der Waals surface area contributed by atoms with E-state index in [0.717, 1.165) is 14.7 Å². The van der Waals surface area contributed by atoms with Gasteiger partial charge < -0.3 is 9.47 Å². The predicted molar refractivity (Wildman–Crippen MR) is 113 cm³/mol. The molecule has 0 aliphatic carbocycles. The number of rotatable bonds is 5. The second-order valence-electron chi connectivity index (χ2n) is 8.65. The van der Waals surface area contributed by atoms with E-state index in [1.165, 1.54) is 26.3 Å². The van der Waals surface area contributed by atoms with E-state index in [4.69, 9.17) is 9.47 Å². The highest BCUT2D eigenvalue weighted by Gasteiger charge is 2.48. The molecule has 2 aliphatic rings. The SMILES string of the molecule is COCCN1C(=O)CCC(N2C(=O)c3cccc(N(C)C(=O)OC(C)(C)C)c3C2=O)C1=O. The van der Waals surface area contributed by atoms with E-state index in [1.807, 2.05) is 0 Å². The molecule has 172 valence electrons. The average Bonchev–Trinajstić information content (AvgIpc) is 2.97. The Hall–Kier alpha value is -3.27. The molecule has 1 unspecified atom stereocenters. The molecule has 1 aromatic rings. The van der Waals surface area contributed by atoms with Crippen molar-refractivity contribution in [2.75, 3.05) is 32.2 Å². The number of benzene rings is 1. The van der Waals surface area contributed by atoms with Crippen LogP contribution in [0.1, 0.15) is 54.3 Å². The molecule has 0 saturated carbocycles. The number of fused-ring (bicyclic) bond motifs is 1. The van der Waals surface area contributed by atoms with Gasteiger partial charge in [-0.15, -0.1) is 0 Å². The molecule has 5 amide bonds. The van der Waals surface area contributed by atoms with E-state index >= 15 is 0 Å². The van der Waals surface area contributed by atoms with Crippen LogP contribution in [0.25, 0.3) is 0 Å². The van der Waals surface area contributed by atoms with Gasteiger partial charge in [-0.2, -0.15) is 0 Å². The van der Waals surface area contributed by atoms with E-state index in [2.05, 4.69) is 0 Å². The normalized spacial score (nSPS) is 18.8. The molecular formula is C22H27N3O7. The lowest BCUT2D eigenvalue weighted by atomic mass is 10.0. The quantitative estimate of drug-likeness (QED) is 0.635. The largest absolute Gasteiger partial charge is 0.443 e. The van der Waals surface area contributed by atoms with Gasteiger partial charge >= 0.3 is 6.09 Å². The van der Waals surface area contributed by atoms with Crippen LogP contribution in [0.5, 0.6) is 0 Å². The summed E-state index contributed by atoms with van der Waals surface area (Å²) in [6.07, 6.45) is -0.614. The molecule has 0 aromatic heterocycles. The zero-order valence-electron chi connectivity index (χ0n) is 18.8. The number of imide groups is 2. The molecule has 1 fully saturated rings. The van der Waals surface area contributed by atoms with Gasteiger partial charge in [-0.3, -0.25) is 33.9 Å². The highest BCUT2D eigenvalue weighted by atomic mass is 16.6. The van der Waals surface area contributed by atoms with E-state index in [1.54, 1.807) is 26.8 Å². The Morgan fingerprint density at radius 3 is 2.47 bits per heavy atom. The monoisotopic (exact) mass is 445 g/mol. The van der Waals surface area contributed by atoms with Crippen molar-refractivity contribution in [3.05, 3.63) is 29.3 Å². The van der Waals surface area contributed by atoms with Gasteiger partial charge in [0.15, 0.2) is 0 Å². The van der Waals surface area contributed by atoms with Crippen LogP contribution in [0.15, 0.2) is 18.2 Å². The molecule has 3 rings (SSSR count). The minimum absolute atomic E-state index is 0.0260. The second kappa shape index (κ2) is 8.70. The number of carbonyl (C=O) groups excluding carboxylic acids is 5. The zero-order valence-corrected chi connectivity index (χ0v) is 18.8. The molecule has 0 radical (unpaired) electrons. The van der Waals surface area contributed by atoms with Crippen molar-refractivity contribution in [2.24, 2.45) is 0 Å². The summed E-state index contributed by atoms with van der Waals surface area (Å²) in [7, 11) is 2.89. The number of anilines is 1. The smallest absolute Gasteiger partial charge is 0.414 e. The molecule has 32 heavy (non-hydrogen) atoms. The van der Waals surface area contributed by atoms with Crippen LogP contribution in [-0.4, -0.2) is 78.5 Å². The number of hydrogen-bond acceptors (Lipinski definition) is 7. The van der Waals surface area contributed by atoms with Crippen LogP contribution in [0.2, 0.25) is 0 Å². The Balaban J connectivity index is 1.92. The summed E-state index contributed by atoms with van der Waals surface area (Å²) < 4.78 is 10.3. The number of carbonyl (C=O) groups is 5. The second-order valence-corrected chi connectivity index (χ2v) is 8.65. The van der Waals surface area contributed by atoms with Crippen LogP contribution in [-0.2, 0) is 19.1 Å². The molecule has 1 aromatic carbocycles. The minimum Gasteiger partial charge on any atom is -0.443 e. The first-order chi connectivity index (χ1) is 15.0. The molecule has 10 heteroatoms. The van der Waals surface area contributed by atoms with Gasteiger partial charge in [-0.25, -0.2) is 4.79 Å². The van der Waals surface area contributed by atoms with E-state index in [9.17, 15) is 24.0 Å². The topological polar surface area (TPSA) is 114 Å². The number of methoxy groups -OCH3 is 1. The summed E-state index contributed by atoms with van der Waals surface area (Å²) in [4.78, 5) is 67.2. The van der Waals surface area contributed by atoms with Crippen molar-refractivity contribution in [3.63, 3.8) is 0 Å². The third-order valence-corrected chi connectivity index (χ3v) is 5.27. The maximum Gasteiger partial charge on any atom is 0.414 e. The van der Waals surface area contributed by atoms with Crippen molar-refractivity contribution in [1.82, 2.24) is 9.80 Å². The van der Waals surface area contributed by atoms with Gasteiger partial charge in [-0.05, 0) is 39.3 Å². The van der Waals surface area contributed by atoms with Crippen molar-refractivity contribution in [3.8, 4) is 0 Å². The number of nitrogens with zero attached hydrogens (tertiary/aromatic N) is 3. The molecule has 1 saturated heterocycles. The Bertz CT molecular complexity index is 982. The average molecular weight is 445 g/mol. The maximum atomic E-state index is 13.3. The molecule has 2 aliphatic heterocycles. The number of hydrogen-bond donors (Lipinski definition) is 0. The highest BCUT2D eigenvalue weighted by Crippen LogP contribution is 2.35. The van der Waals surface area contributed by atoms with Crippen LogP contribution in [0.3, 0.4) is 0 Å². The lowest BCUT2D eigenvalue weighted by Crippen LogP contribution is -2.56. The van der Waals surface area contributed by atoms with E-state index in [0.29, 0.717) is 0 Å². The fourth-order valence-electron chi connectivity index (χ4n) is 3.76. The van der Waals surface area contributed by atoms with Gasteiger partial charge in [0, 0.05) is 20.6 Å². The summed E-state index contributed by atoms with van der Waals surface area (Å²) >= 11 is 0. The fourth-order valence-corrected chi connectivity index (χ4v) is 3.76. The molecule has 2 heterocycles. The summed E-state index contributed by atoms with van der Waals surface area (Å²) in [5, 5.41) is 0. The Kier molecular flexibility index (Phi) is 6.36. The van der Waals surface area contributed by atoms with Crippen LogP contribution in [0.4, 0.5) is 10.5 Å².